The molecular formula is C13H19FN2O2S. The van der Waals surface area contributed by atoms with E-state index >= 15 is 0 Å². The molecule has 0 radical (unpaired) electrons. The molecule has 0 amide bonds. The highest BCUT2D eigenvalue weighted by molar-refractivity contribution is 7.89. The highest BCUT2D eigenvalue weighted by Crippen LogP contribution is 2.30. The lowest BCUT2D eigenvalue weighted by atomic mass is 10.0. The molecule has 0 spiro atoms. The Kier molecular flexibility index (Phi) is 3.57. The van der Waals surface area contributed by atoms with Gasteiger partial charge in [-0.1, -0.05) is 13.8 Å². The van der Waals surface area contributed by atoms with Gasteiger partial charge in [0.25, 0.3) is 0 Å². The monoisotopic (exact) mass is 286 g/mol. The zero-order chi connectivity index (χ0) is 14.4. The normalized spacial score (nSPS) is 24.8. The summed E-state index contributed by atoms with van der Waals surface area (Å²) in [5.74, 6) is -0.180. The number of nitrogens with zero attached hydrogens (tertiary/aromatic N) is 1. The summed E-state index contributed by atoms with van der Waals surface area (Å²) in [6.07, 6.45) is 0. The van der Waals surface area contributed by atoms with Crippen LogP contribution in [-0.2, 0) is 10.0 Å². The Hall–Kier alpha value is -1.14. The van der Waals surface area contributed by atoms with E-state index in [9.17, 15) is 12.8 Å². The molecule has 0 aliphatic carbocycles. The molecule has 1 saturated heterocycles. The van der Waals surface area contributed by atoms with E-state index in [1.807, 2.05) is 13.8 Å². The van der Waals surface area contributed by atoms with Gasteiger partial charge in [0.15, 0.2) is 0 Å². The van der Waals surface area contributed by atoms with Crippen LogP contribution in [0, 0.1) is 24.6 Å². The third-order valence-corrected chi connectivity index (χ3v) is 5.74. The molecule has 2 rings (SSSR count). The fourth-order valence-corrected chi connectivity index (χ4v) is 4.00. The Bertz CT molecular complexity index is 591. The van der Waals surface area contributed by atoms with Crippen molar-refractivity contribution in [2.24, 2.45) is 11.8 Å². The van der Waals surface area contributed by atoms with Gasteiger partial charge in [0.1, 0.15) is 10.7 Å². The number of aryl methyl sites for hydroxylation is 1. The van der Waals surface area contributed by atoms with Gasteiger partial charge in [-0.05, 0) is 36.5 Å². The van der Waals surface area contributed by atoms with E-state index in [0.29, 0.717) is 24.3 Å². The van der Waals surface area contributed by atoms with Crippen LogP contribution in [0.2, 0.25) is 0 Å². The third-order valence-electron chi connectivity index (χ3n) is 3.89. The number of sulfonamides is 1. The predicted molar refractivity (Wildman–Crippen MR) is 72.6 cm³/mol. The molecule has 19 heavy (non-hydrogen) atoms. The van der Waals surface area contributed by atoms with Gasteiger partial charge in [-0.2, -0.15) is 4.31 Å². The van der Waals surface area contributed by atoms with Crippen LogP contribution >= 0.6 is 0 Å². The highest BCUT2D eigenvalue weighted by Gasteiger charge is 2.36. The van der Waals surface area contributed by atoms with E-state index in [4.69, 9.17) is 5.73 Å². The maximum absolute atomic E-state index is 13.9. The minimum Gasteiger partial charge on any atom is -0.398 e. The molecule has 6 heteroatoms. The van der Waals surface area contributed by atoms with Crippen LogP contribution in [0.5, 0.6) is 0 Å². The van der Waals surface area contributed by atoms with E-state index in [0.717, 1.165) is 0 Å². The molecule has 1 aliphatic rings. The van der Waals surface area contributed by atoms with Crippen LogP contribution in [0.4, 0.5) is 10.1 Å². The molecule has 2 N–H and O–H groups in total. The average molecular weight is 286 g/mol. The molecule has 0 saturated carbocycles. The SMILES string of the molecule is Cc1cc(F)c(S(=O)(=O)N2CC(C)C(C)C2)cc1N. The van der Waals surface area contributed by atoms with Crippen LogP contribution < -0.4 is 5.73 Å². The lowest BCUT2D eigenvalue weighted by molar-refractivity contribution is 0.456. The smallest absolute Gasteiger partial charge is 0.246 e. The van der Waals surface area contributed by atoms with Gasteiger partial charge < -0.3 is 5.73 Å². The van der Waals surface area contributed by atoms with Crippen LogP contribution in [0.3, 0.4) is 0 Å². The summed E-state index contributed by atoms with van der Waals surface area (Å²) in [7, 11) is -3.80. The number of nitrogen functional groups attached to an aromatic ring is 1. The maximum Gasteiger partial charge on any atom is 0.246 e. The van der Waals surface area contributed by atoms with Crippen LogP contribution in [0.1, 0.15) is 19.4 Å². The van der Waals surface area contributed by atoms with Crippen molar-refractivity contribution in [1.29, 1.82) is 0 Å². The number of hydrogen-bond donors (Lipinski definition) is 1. The quantitative estimate of drug-likeness (QED) is 0.846. The molecule has 4 nitrogen and oxygen atoms in total. The molecule has 1 aromatic carbocycles. The molecule has 1 aromatic rings. The molecule has 1 fully saturated rings. The van der Waals surface area contributed by atoms with Crippen molar-refractivity contribution < 1.29 is 12.8 Å². The number of hydrogen-bond acceptors (Lipinski definition) is 3. The second-order valence-electron chi connectivity index (χ2n) is 5.42. The molecule has 2 atom stereocenters. The Morgan fingerprint density at radius 3 is 2.32 bits per heavy atom. The standard InChI is InChI=1S/C13H19FN2O2S/c1-8-4-11(14)13(5-12(8)15)19(17,18)16-6-9(2)10(3)7-16/h4-5,9-10H,6-7,15H2,1-3H3. The zero-order valence-corrected chi connectivity index (χ0v) is 12.2. The first-order valence-corrected chi connectivity index (χ1v) is 7.73. The molecule has 2 unspecified atom stereocenters. The van der Waals surface area contributed by atoms with E-state index in [1.165, 1.54) is 16.4 Å². The number of halogens is 1. The van der Waals surface area contributed by atoms with Gasteiger partial charge in [0.05, 0.1) is 0 Å². The van der Waals surface area contributed by atoms with Crippen molar-refractivity contribution in [3.05, 3.63) is 23.5 Å². The molecular weight excluding hydrogens is 267 g/mol. The first-order chi connectivity index (χ1) is 8.73. The lowest BCUT2D eigenvalue weighted by Crippen LogP contribution is -2.30. The minimum absolute atomic E-state index is 0.278. The van der Waals surface area contributed by atoms with Gasteiger partial charge >= 0.3 is 0 Å². The Balaban J connectivity index is 2.43. The molecule has 0 aromatic heterocycles. The Labute approximate surface area is 113 Å². The molecule has 1 heterocycles. The van der Waals surface area contributed by atoms with Crippen molar-refractivity contribution in [1.82, 2.24) is 4.31 Å². The van der Waals surface area contributed by atoms with E-state index in [1.54, 1.807) is 6.92 Å². The van der Waals surface area contributed by atoms with E-state index in [2.05, 4.69) is 0 Å². The number of anilines is 1. The largest absolute Gasteiger partial charge is 0.398 e. The molecule has 0 bridgehead atoms. The number of rotatable bonds is 2. The summed E-state index contributed by atoms with van der Waals surface area (Å²) >= 11 is 0. The predicted octanol–water partition coefficient (Wildman–Crippen LogP) is 1.99. The highest BCUT2D eigenvalue weighted by atomic mass is 32.2. The fourth-order valence-electron chi connectivity index (χ4n) is 2.28. The number of nitrogens with two attached hydrogens (primary N) is 1. The van der Waals surface area contributed by atoms with Crippen molar-refractivity contribution in [2.75, 3.05) is 18.8 Å². The van der Waals surface area contributed by atoms with Crippen molar-refractivity contribution in [2.45, 2.75) is 25.7 Å². The van der Waals surface area contributed by atoms with Gasteiger partial charge in [-0.15, -0.1) is 0 Å². The van der Waals surface area contributed by atoms with Gasteiger partial charge in [-0.25, -0.2) is 12.8 Å². The zero-order valence-electron chi connectivity index (χ0n) is 11.4. The minimum atomic E-state index is -3.80. The Morgan fingerprint density at radius 1 is 1.26 bits per heavy atom. The summed E-state index contributed by atoms with van der Waals surface area (Å²) in [5, 5.41) is 0. The fraction of sp³-hybridized carbons (Fsp3) is 0.538. The summed E-state index contributed by atoms with van der Waals surface area (Å²) in [4.78, 5) is -0.322. The van der Waals surface area contributed by atoms with Gasteiger partial charge in [0.2, 0.25) is 10.0 Å². The lowest BCUT2D eigenvalue weighted by Gasteiger charge is -2.17. The number of benzene rings is 1. The summed E-state index contributed by atoms with van der Waals surface area (Å²) in [6.45, 7) is 6.50. The average Bonchev–Trinajstić information content (AvgIpc) is 2.65. The Morgan fingerprint density at radius 2 is 1.79 bits per heavy atom. The maximum atomic E-state index is 13.9. The van der Waals surface area contributed by atoms with Gasteiger partial charge in [0, 0.05) is 18.8 Å². The molecule has 1 aliphatic heterocycles. The van der Waals surface area contributed by atoms with Crippen LogP contribution in [-0.4, -0.2) is 25.8 Å². The second-order valence-corrected chi connectivity index (χ2v) is 7.32. The second kappa shape index (κ2) is 4.76. The summed E-state index contributed by atoms with van der Waals surface area (Å²) in [5.41, 5.74) is 6.52. The third kappa shape index (κ3) is 2.47. The van der Waals surface area contributed by atoms with Gasteiger partial charge in [-0.3, -0.25) is 0 Å². The van der Waals surface area contributed by atoms with E-state index in [-0.39, 0.29) is 16.7 Å². The van der Waals surface area contributed by atoms with Crippen LogP contribution in [0.15, 0.2) is 17.0 Å². The first-order valence-electron chi connectivity index (χ1n) is 6.29. The van der Waals surface area contributed by atoms with Crippen LogP contribution in [0.25, 0.3) is 0 Å². The summed E-state index contributed by atoms with van der Waals surface area (Å²) < 4.78 is 40.1. The van der Waals surface area contributed by atoms with Crippen molar-refractivity contribution >= 4 is 15.7 Å². The topological polar surface area (TPSA) is 63.4 Å². The van der Waals surface area contributed by atoms with Crippen molar-refractivity contribution in [3.8, 4) is 0 Å². The summed E-state index contributed by atoms with van der Waals surface area (Å²) in [6, 6.07) is 2.39. The molecule has 106 valence electrons. The van der Waals surface area contributed by atoms with E-state index < -0.39 is 15.8 Å². The van der Waals surface area contributed by atoms with Crippen molar-refractivity contribution in [3.63, 3.8) is 0 Å². The first kappa shape index (κ1) is 14.3.